The molecule has 2 fully saturated rings. The molecule has 6 nitrogen and oxygen atoms in total. The molecule has 1 saturated heterocycles. The van der Waals surface area contributed by atoms with Crippen molar-refractivity contribution in [2.75, 3.05) is 26.9 Å². The van der Waals surface area contributed by atoms with E-state index < -0.39 is 17.0 Å². The maximum Gasteiger partial charge on any atom is 0.310 e. The van der Waals surface area contributed by atoms with Crippen molar-refractivity contribution in [2.24, 2.45) is 5.41 Å². The highest BCUT2D eigenvalue weighted by molar-refractivity contribution is 5.85. The predicted molar refractivity (Wildman–Crippen MR) is 76.0 cm³/mol. The van der Waals surface area contributed by atoms with Crippen LogP contribution in [0.3, 0.4) is 0 Å². The van der Waals surface area contributed by atoms with Gasteiger partial charge in [0, 0.05) is 33.1 Å². The van der Waals surface area contributed by atoms with Gasteiger partial charge >= 0.3 is 5.97 Å². The highest BCUT2D eigenvalue weighted by Gasteiger charge is 2.42. The summed E-state index contributed by atoms with van der Waals surface area (Å²) in [7, 11) is 1.61. The lowest BCUT2D eigenvalue weighted by atomic mass is 9.71. The summed E-state index contributed by atoms with van der Waals surface area (Å²) in [6, 6.07) is 0. The Balaban J connectivity index is 1.89. The Morgan fingerprint density at radius 1 is 1.24 bits per heavy atom. The summed E-state index contributed by atoms with van der Waals surface area (Å²) in [5.74, 6) is -1.05. The molecule has 1 aliphatic heterocycles. The van der Waals surface area contributed by atoms with Gasteiger partial charge in [-0.3, -0.25) is 9.59 Å². The molecule has 1 unspecified atom stereocenters. The van der Waals surface area contributed by atoms with Crippen molar-refractivity contribution in [1.82, 2.24) is 5.32 Å². The Labute approximate surface area is 125 Å². The van der Waals surface area contributed by atoms with Crippen LogP contribution in [0.15, 0.2) is 0 Å². The van der Waals surface area contributed by atoms with E-state index in [0.717, 1.165) is 25.7 Å². The number of aliphatic carboxylic acids is 1. The van der Waals surface area contributed by atoms with E-state index >= 15 is 0 Å². The van der Waals surface area contributed by atoms with Crippen LogP contribution in [-0.4, -0.2) is 49.5 Å². The number of carboxylic acids is 1. The molecular formula is C15H25NO5. The van der Waals surface area contributed by atoms with Gasteiger partial charge in [0.15, 0.2) is 0 Å². The second-order valence-corrected chi connectivity index (χ2v) is 6.29. The SMILES string of the molecule is COC1(CNC(=O)CC2(C(=O)O)CCCCC2)CCOC1. The molecular weight excluding hydrogens is 274 g/mol. The van der Waals surface area contributed by atoms with E-state index in [4.69, 9.17) is 9.47 Å². The molecule has 1 saturated carbocycles. The van der Waals surface area contributed by atoms with Crippen molar-refractivity contribution in [3.8, 4) is 0 Å². The van der Waals surface area contributed by atoms with Gasteiger partial charge in [-0.25, -0.2) is 0 Å². The maximum atomic E-state index is 12.2. The molecule has 0 radical (unpaired) electrons. The van der Waals surface area contributed by atoms with Crippen LogP contribution in [0.25, 0.3) is 0 Å². The van der Waals surface area contributed by atoms with Gasteiger partial charge in [-0.15, -0.1) is 0 Å². The van der Waals surface area contributed by atoms with E-state index in [1.165, 1.54) is 0 Å². The van der Waals surface area contributed by atoms with Crippen LogP contribution in [0.2, 0.25) is 0 Å². The Morgan fingerprint density at radius 2 is 1.95 bits per heavy atom. The summed E-state index contributed by atoms with van der Waals surface area (Å²) >= 11 is 0. The average molecular weight is 299 g/mol. The van der Waals surface area contributed by atoms with Gasteiger partial charge in [0.05, 0.1) is 12.0 Å². The first-order valence-corrected chi connectivity index (χ1v) is 7.65. The van der Waals surface area contributed by atoms with Gasteiger partial charge in [-0.2, -0.15) is 0 Å². The molecule has 0 aromatic heterocycles. The lowest BCUT2D eigenvalue weighted by molar-refractivity contribution is -0.154. The van der Waals surface area contributed by atoms with Crippen LogP contribution in [0.4, 0.5) is 0 Å². The van der Waals surface area contributed by atoms with Gasteiger partial charge in [0.25, 0.3) is 0 Å². The Kier molecular flexibility index (Phi) is 5.22. The first-order valence-electron chi connectivity index (χ1n) is 7.65. The average Bonchev–Trinajstić information content (AvgIpc) is 2.95. The largest absolute Gasteiger partial charge is 0.481 e. The van der Waals surface area contributed by atoms with Gasteiger partial charge in [0.2, 0.25) is 5.91 Å². The number of hydrogen-bond acceptors (Lipinski definition) is 4. The summed E-state index contributed by atoms with van der Waals surface area (Å²) in [6.07, 6.45) is 4.81. The Bertz CT molecular complexity index is 384. The molecule has 0 spiro atoms. The number of amides is 1. The first kappa shape index (κ1) is 16.2. The summed E-state index contributed by atoms with van der Waals surface area (Å²) < 4.78 is 10.8. The number of carboxylic acid groups (broad SMARTS) is 1. The molecule has 1 atom stereocenters. The molecule has 6 heteroatoms. The van der Waals surface area contributed by atoms with Crippen LogP contribution in [0, 0.1) is 5.41 Å². The summed E-state index contributed by atoms with van der Waals surface area (Å²) in [5.41, 5.74) is -1.34. The molecule has 2 N–H and O–H groups in total. The topological polar surface area (TPSA) is 84.9 Å². The quantitative estimate of drug-likeness (QED) is 0.773. The normalized spacial score (nSPS) is 28.2. The zero-order valence-corrected chi connectivity index (χ0v) is 12.7. The minimum Gasteiger partial charge on any atom is -0.481 e. The Morgan fingerprint density at radius 3 is 2.48 bits per heavy atom. The lowest BCUT2D eigenvalue weighted by Crippen LogP contribution is -2.47. The van der Waals surface area contributed by atoms with Crippen molar-refractivity contribution >= 4 is 11.9 Å². The van der Waals surface area contributed by atoms with Crippen molar-refractivity contribution in [2.45, 2.75) is 50.5 Å². The molecule has 21 heavy (non-hydrogen) atoms. The minimum absolute atomic E-state index is 0.0585. The van der Waals surface area contributed by atoms with E-state index in [1.807, 2.05) is 0 Å². The zero-order valence-electron chi connectivity index (χ0n) is 12.7. The summed E-state index contributed by atoms with van der Waals surface area (Å²) in [4.78, 5) is 23.7. The van der Waals surface area contributed by atoms with Crippen molar-refractivity contribution in [3.63, 3.8) is 0 Å². The zero-order chi connectivity index (χ0) is 15.3. The third-order valence-electron chi connectivity index (χ3n) is 4.87. The van der Waals surface area contributed by atoms with E-state index in [-0.39, 0.29) is 12.3 Å². The highest BCUT2D eigenvalue weighted by atomic mass is 16.5. The van der Waals surface area contributed by atoms with Gasteiger partial charge in [-0.05, 0) is 12.8 Å². The van der Waals surface area contributed by atoms with E-state index in [0.29, 0.717) is 32.6 Å². The van der Waals surface area contributed by atoms with Crippen LogP contribution < -0.4 is 5.32 Å². The molecule has 2 aliphatic rings. The number of carbonyl (C=O) groups excluding carboxylic acids is 1. The van der Waals surface area contributed by atoms with Crippen molar-refractivity contribution in [1.29, 1.82) is 0 Å². The van der Waals surface area contributed by atoms with Gasteiger partial charge in [0.1, 0.15) is 5.60 Å². The first-order chi connectivity index (χ1) is 10.0. The number of carbonyl (C=O) groups is 2. The summed E-state index contributed by atoms with van der Waals surface area (Å²) in [6.45, 7) is 1.47. The van der Waals surface area contributed by atoms with Crippen LogP contribution in [0.1, 0.15) is 44.9 Å². The second-order valence-electron chi connectivity index (χ2n) is 6.29. The van der Waals surface area contributed by atoms with Crippen LogP contribution in [-0.2, 0) is 19.1 Å². The number of nitrogens with one attached hydrogen (secondary N) is 1. The molecule has 0 aromatic rings. The molecule has 1 amide bonds. The fourth-order valence-corrected chi connectivity index (χ4v) is 3.29. The number of hydrogen-bond donors (Lipinski definition) is 2. The second kappa shape index (κ2) is 6.75. The van der Waals surface area contributed by atoms with E-state index in [9.17, 15) is 14.7 Å². The minimum atomic E-state index is -0.880. The summed E-state index contributed by atoms with van der Waals surface area (Å²) in [5, 5.41) is 12.3. The number of rotatable bonds is 6. The van der Waals surface area contributed by atoms with Crippen molar-refractivity contribution < 1.29 is 24.2 Å². The van der Waals surface area contributed by atoms with Gasteiger partial charge < -0.3 is 19.9 Å². The van der Waals surface area contributed by atoms with E-state index in [2.05, 4.69) is 5.32 Å². The Hall–Kier alpha value is -1.14. The molecule has 0 aromatic carbocycles. The van der Waals surface area contributed by atoms with Crippen LogP contribution in [0.5, 0.6) is 0 Å². The van der Waals surface area contributed by atoms with Gasteiger partial charge in [-0.1, -0.05) is 19.3 Å². The highest BCUT2D eigenvalue weighted by Crippen LogP contribution is 2.39. The smallest absolute Gasteiger partial charge is 0.310 e. The van der Waals surface area contributed by atoms with E-state index in [1.54, 1.807) is 7.11 Å². The predicted octanol–water partition coefficient (Wildman–Crippen LogP) is 1.33. The fraction of sp³-hybridized carbons (Fsp3) is 0.867. The molecule has 1 aliphatic carbocycles. The van der Waals surface area contributed by atoms with Crippen molar-refractivity contribution in [3.05, 3.63) is 0 Å². The molecule has 0 bridgehead atoms. The molecule has 1 heterocycles. The third-order valence-corrected chi connectivity index (χ3v) is 4.87. The molecule has 120 valence electrons. The maximum absolute atomic E-state index is 12.2. The number of ether oxygens (including phenoxy) is 2. The monoisotopic (exact) mass is 299 g/mol. The van der Waals surface area contributed by atoms with Crippen LogP contribution >= 0.6 is 0 Å². The molecule has 2 rings (SSSR count). The standard InChI is InChI=1S/C15H25NO5/c1-20-15(7-8-21-11-15)10-16-12(17)9-14(13(18)19)5-3-2-4-6-14/h2-11H2,1H3,(H,16,17)(H,18,19). The number of methoxy groups -OCH3 is 1. The lowest BCUT2D eigenvalue weighted by Gasteiger charge is -2.33. The third kappa shape index (κ3) is 3.74. The fourth-order valence-electron chi connectivity index (χ4n) is 3.29.